The highest BCUT2D eigenvalue weighted by molar-refractivity contribution is 6.14. The van der Waals surface area contributed by atoms with Gasteiger partial charge in [-0.25, -0.2) is 9.97 Å². The van der Waals surface area contributed by atoms with Gasteiger partial charge >= 0.3 is 0 Å². The molecule has 0 amide bonds. The first-order chi connectivity index (χ1) is 28.8. The summed E-state index contributed by atoms with van der Waals surface area (Å²) in [5, 5.41) is 8.85. The minimum atomic E-state index is 0.628. The van der Waals surface area contributed by atoms with Gasteiger partial charge in [-0.1, -0.05) is 91.0 Å². The lowest BCUT2D eigenvalue weighted by molar-refractivity contribution is 0.652. The number of fused-ring (bicyclic) bond motifs is 12. The Kier molecular flexibility index (Phi) is 6.35. The number of rotatable bonds is 4. The van der Waals surface area contributed by atoms with Gasteiger partial charge in [-0.2, -0.15) is 0 Å². The second-order valence-corrected chi connectivity index (χ2v) is 15.0. The number of pyridine rings is 2. The summed E-state index contributed by atoms with van der Waals surface area (Å²) in [6.07, 6.45) is 3.65. The summed E-state index contributed by atoms with van der Waals surface area (Å²) >= 11 is 0. The summed E-state index contributed by atoms with van der Waals surface area (Å²) in [7, 11) is 0. The molecule has 6 nitrogen and oxygen atoms in total. The van der Waals surface area contributed by atoms with Gasteiger partial charge in [0.25, 0.3) is 0 Å². The van der Waals surface area contributed by atoms with Gasteiger partial charge < -0.3 is 13.4 Å². The fourth-order valence-electron chi connectivity index (χ4n) is 9.27. The van der Waals surface area contributed by atoms with E-state index in [0.717, 1.165) is 99.5 Å². The number of aromatic nitrogens is 4. The van der Waals surface area contributed by atoms with Crippen molar-refractivity contribution in [1.29, 1.82) is 0 Å². The van der Waals surface area contributed by atoms with E-state index in [1.54, 1.807) is 6.20 Å². The zero-order valence-electron chi connectivity index (χ0n) is 30.9. The van der Waals surface area contributed by atoms with Crippen LogP contribution in [0.25, 0.3) is 121 Å². The first-order valence-electron chi connectivity index (χ1n) is 19.5. The highest BCUT2D eigenvalue weighted by Crippen LogP contribution is 2.42. The molecule has 0 saturated heterocycles. The molecule has 0 fully saturated rings. The average Bonchev–Trinajstić information content (AvgIpc) is 4.04. The van der Waals surface area contributed by atoms with Gasteiger partial charge in [0.05, 0.1) is 27.9 Å². The van der Waals surface area contributed by atoms with E-state index in [2.05, 4.69) is 172 Å². The lowest BCUT2D eigenvalue weighted by Gasteiger charge is -2.12. The Labute approximate surface area is 330 Å². The third-order valence-electron chi connectivity index (χ3n) is 11.8. The Morgan fingerprint density at radius 2 is 0.931 bits per heavy atom. The Bertz CT molecular complexity index is 3720. The number of hydrogen-bond donors (Lipinski definition) is 0. The summed E-state index contributed by atoms with van der Waals surface area (Å²) in [4.78, 5) is 9.45. The van der Waals surface area contributed by atoms with Crippen LogP contribution in [0.1, 0.15) is 0 Å². The molecule has 270 valence electrons. The third kappa shape index (κ3) is 4.37. The van der Waals surface area contributed by atoms with Crippen molar-refractivity contribution < 1.29 is 8.83 Å². The molecule has 0 aliphatic carbocycles. The highest BCUT2D eigenvalue weighted by Gasteiger charge is 2.21. The molecule has 0 unspecified atom stereocenters. The molecule has 13 aromatic rings. The summed E-state index contributed by atoms with van der Waals surface area (Å²) < 4.78 is 17.9. The van der Waals surface area contributed by atoms with Gasteiger partial charge in [0, 0.05) is 55.5 Å². The van der Waals surface area contributed by atoms with Crippen LogP contribution in [0.15, 0.2) is 191 Å². The summed E-state index contributed by atoms with van der Waals surface area (Å²) in [6, 6.07) is 60.1. The maximum atomic E-state index is 6.70. The van der Waals surface area contributed by atoms with Crippen LogP contribution in [0.4, 0.5) is 0 Å². The van der Waals surface area contributed by atoms with E-state index in [0.29, 0.717) is 5.71 Å². The van der Waals surface area contributed by atoms with E-state index >= 15 is 0 Å². The minimum Gasteiger partial charge on any atom is -0.454 e. The van der Waals surface area contributed by atoms with Crippen LogP contribution in [-0.4, -0.2) is 19.1 Å². The quantitative estimate of drug-likeness (QED) is 0.180. The highest BCUT2D eigenvalue weighted by atomic mass is 16.3. The van der Waals surface area contributed by atoms with Crippen molar-refractivity contribution in [3.8, 4) is 33.6 Å². The Hall–Kier alpha value is -7.96. The van der Waals surface area contributed by atoms with Crippen LogP contribution in [0.2, 0.25) is 0 Å². The molecule has 6 heterocycles. The van der Waals surface area contributed by atoms with Crippen molar-refractivity contribution in [2.45, 2.75) is 0 Å². The molecule has 0 aliphatic heterocycles. The lowest BCUT2D eigenvalue weighted by Crippen LogP contribution is -1.95. The number of hydrogen-bond acceptors (Lipinski definition) is 4. The van der Waals surface area contributed by atoms with Crippen molar-refractivity contribution in [2.24, 2.45) is 0 Å². The molecule has 0 N–H and O–H groups in total. The van der Waals surface area contributed by atoms with Crippen LogP contribution in [0.5, 0.6) is 0 Å². The van der Waals surface area contributed by atoms with E-state index < -0.39 is 0 Å². The molecule has 0 saturated carbocycles. The molecule has 58 heavy (non-hydrogen) atoms. The van der Waals surface area contributed by atoms with E-state index in [1.165, 1.54) is 16.2 Å². The number of nitrogens with zero attached hydrogens (tertiary/aromatic N) is 4. The summed E-state index contributed by atoms with van der Waals surface area (Å²) in [5.74, 6) is 0. The van der Waals surface area contributed by atoms with Crippen molar-refractivity contribution in [3.63, 3.8) is 0 Å². The maximum absolute atomic E-state index is 6.70. The minimum absolute atomic E-state index is 0.628. The average molecular weight is 743 g/mol. The Balaban J connectivity index is 0.988. The van der Waals surface area contributed by atoms with Crippen LogP contribution < -0.4 is 0 Å². The fraction of sp³-hybridized carbons (Fsp3) is 0. The number of para-hydroxylation sites is 4. The predicted molar refractivity (Wildman–Crippen MR) is 236 cm³/mol. The van der Waals surface area contributed by atoms with E-state index in [1.807, 2.05) is 18.3 Å². The first-order valence-corrected chi connectivity index (χ1v) is 19.5. The smallest absolute Gasteiger partial charge is 0.227 e. The second-order valence-electron chi connectivity index (χ2n) is 15.0. The number of furan rings is 2. The van der Waals surface area contributed by atoms with E-state index in [9.17, 15) is 0 Å². The molecule has 0 bridgehead atoms. The molecule has 0 aliphatic rings. The standard InChI is InChI=1S/C52H30N4O2/c1-4-19-43-35(13-1)36-14-2-5-20-44(36)55(43)47-30-34(29-42-40-18-10-26-54-52(40)58-50(42)47)32-12-7-11-31(27-32)33-23-24-48-41(28-33)38-16-8-22-46(49(38)57-48)56-45-21-6-3-15-37(45)39-17-9-25-53-51(39)56/h1-30H. The molecule has 0 radical (unpaired) electrons. The Morgan fingerprint density at radius 3 is 1.72 bits per heavy atom. The van der Waals surface area contributed by atoms with Gasteiger partial charge in [0.1, 0.15) is 11.2 Å². The molecule has 6 heteroatoms. The SMILES string of the molecule is c1cc(-c2ccc3oc4c(-n5c6ccccc6c6cccnc65)cccc4c3c2)cc(-c2cc(-n3c4ccccc4c4ccccc43)c3oc4ncccc4c3c2)c1. The van der Waals surface area contributed by atoms with Crippen molar-refractivity contribution in [3.05, 3.63) is 182 Å². The van der Waals surface area contributed by atoms with Crippen molar-refractivity contribution in [1.82, 2.24) is 19.1 Å². The molecular formula is C52H30N4O2. The molecule has 0 atom stereocenters. The van der Waals surface area contributed by atoms with E-state index in [4.69, 9.17) is 13.8 Å². The molecule has 7 aromatic carbocycles. The third-order valence-corrected chi connectivity index (χ3v) is 11.8. The van der Waals surface area contributed by atoms with Gasteiger partial charge in [-0.15, -0.1) is 0 Å². The van der Waals surface area contributed by atoms with Crippen LogP contribution in [-0.2, 0) is 0 Å². The maximum Gasteiger partial charge on any atom is 0.227 e. The monoisotopic (exact) mass is 742 g/mol. The van der Waals surface area contributed by atoms with Gasteiger partial charge in [0.2, 0.25) is 5.71 Å². The van der Waals surface area contributed by atoms with Crippen molar-refractivity contribution in [2.75, 3.05) is 0 Å². The van der Waals surface area contributed by atoms with Crippen molar-refractivity contribution >= 4 is 87.7 Å². The van der Waals surface area contributed by atoms with Crippen LogP contribution in [0, 0.1) is 0 Å². The zero-order chi connectivity index (χ0) is 37.9. The topological polar surface area (TPSA) is 61.9 Å². The normalized spacial score (nSPS) is 12.1. The second kappa shape index (κ2) is 11.8. The van der Waals surface area contributed by atoms with Crippen LogP contribution in [0.3, 0.4) is 0 Å². The number of benzene rings is 7. The van der Waals surface area contributed by atoms with Gasteiger partial charge in [-0.05, 0) is 101 Å². The van der Waals surface area contributed by atoms with Gasteiger partial charge in [0.15, 0.2) is 11.2 Å². The molecule has 13 rings (SSSR count). The zero-order valence-corrected chi connectivity index (χ0v) is 30.9. The summed E-state index contributed by atoms with van der Waals surface area (Å²) in [6.45, 7) is 0. The fourth-order valence-corrected chi connectivity index (χ4v) is 9.27. The molecule has 6 aromatic heterocycles. The molecular weight excluding hydrogens is 713 g/mol. The van der Waals surface area contributed by atoms with E-state index in [-0.39, 0.29) is 0 Å². The summed E-state index contributed by atoms with van der Waals surface area (Å²) in [5.41, 5.74) is 13.8. The predicted octanol–water partition coefficient (Wildman–Crippen LogP) is 13.8. The Morgan fingerprint density at radius 1 is 0.345 bits per heavy atom. The lowest BCUT2D eigenvalue weighted by atomic mass is 9.96. The van der Waals surface area contributed by atoms with Crippen LogP contribution >= 0.6 is 0 Å². The molecule has 0 spiro atoms. The largest absolute Gasteiger partial charge is 0.454 e. The van der Waals surface area contributed by atoms with Gasteiger partial charge in [-0.3, -0.25) is 4.57 Å². The first kappa shape index (κ1) is 31.3.